The van der Waals surface area contributed by atoms with E-state index < -0.39 is 7.12 Å². The van der Waals surface area contributed by atoms with E-state index in [4.69, 9.17) is 15.3 Å². The average Bonchev–Trinajstić information content (AvgIpc) is 3.56. The third-order valence-electron chi connectivity index (χ3n) is 6.33. The van der Waals surface area contributed by atoms with Crippen LogP contribution in [0.25, 0.3) is 0 Å². The van der Waals surface area contributed by atoms with E-state index in [2.05, 4.69) is 80.5 Å². The van der Waals surface area contributed by atoms with Gasteiger partial charge in [0, 0.05) is 21.1 Å². The number of rotatable bonds is 6. The second-order valence-corrected chi connectivity index (χ2v) is 11.5. The average molecular weight is 616 g/mol. The molecule has 0 radical (unpaired) electrons. The monoisotopic (exact) mass is 618 g/mol. The molecule has 4 aromatic rings. The Bertz CT molecular complexity index is 1150. The zero-order valence-electron chi connectivity index (χ0n) is 24.5. The molecule has 4 rings (SSSR count). The molecule has 0 atom stereocenters. The Morgan fingerprint density at radius 3 is 1.26 bits per heavy atom. The van der Waals surface area contributed by atoms with Gasteiger partial charge in [-0.3, -0.25) is 0 Å². The third-order valence-corrected chi connectivity index (χ3v) is 6.33. The number of hydrogen-bond donors (Lipinski definition) is 0. The van der Waals surface area contributed by atoms with E-state index in [1.807, 2.05) is 44.5 Å². The van der Waals surface area contributed by atoms with E-state index in [0.29, 0.717) is 17.8 Å². The van der Waals surface area contributed by atoms with Crippen molar-refractivity contribution in [3.05, 3.63) is 83.7 Å². The molecule has 0 fully saturated rings. The van der Waals surface area contributed by atoms with E-state index in [1.54, 1.807) is 12.1 Å². The van der Waals surface area contributed by atoms with E-state index in [0.717, 1.165) is 22.6 Å². The summed E-state index contributed by atoms with van der Waals surface area (Å²) in [6, 6.07) is 13.3. The number of aromatic nitrogens is 6. The molecule has 0 N–H and O–H groups in total. The summed E-state index contributed by atoms with van der Waals surface area (Å²) in [6.45, 7) is 19.3. The fourth-order valence-corrected chi connectivity index (χ4v) is 3.94. The van der Waals surface area contributed by atoms with Gasteiger partial charge in [0.1, 0.15) is 0 Å². The van der Waals surface area contributed by atoms with Crippen LogP contribution in [0.1, 0.15) is 103 Å². The fourth-order valence-electron chi connectivity index (χ4n) is 3.94. The van der Waals surface area contributed by atoms with Gasteiger partial charge in [0.05, 0.1) is 17.1 Å². The molecule has 1 aromatic carbocycles. The van der Waals surface area contributed by atoms with Crippen LogP contribution in [0.15, 0.2) is 61.1 Å². The maximum absolute atomic E-state index is 10.9. The van der Waals surface area contributed by atoms with E-state index in [1.165, 1.54) is 0 Å². The fraction of sp³-hybridized carbons (Fsp3) is 0.464. The molecule has 0 amide bonds. The second-order valence-electron chi connectivity index (χ2n) is 11.5. The molecule has 11 heteroatoms. The van der Waals surface area contributed by atoms with Gasteiger partial charge in [-0.2, -0.15) is 0 Å². The first-order valence-electron chi connectivity index (χ1n) is 13.0. The Kier molecular flexibility index (Phi) is 14.2. The van der Waals surface area contributed by atoms with Gasteiger partial charge in [0.15, 0.2) is 0 Å². The van der Waals surface area contributed by atoms with Crippen molar-refractivity contribution in [2.24, 2.45) is 0 Å². The summed E-state index contributed by atoms with van der Waals surface area (Å²) < 4.78 is 6.05. The molecule has 3 heterocycles. The standard InChI is InChI=1S/C18H28BN6.C10H14O.Mo.2O/c1-13(2)16-7-10-23(20-16)19(24-11-8-17(21-24)14(3)4)25-12-9-18(22-25)15(5)6;1-10(2,3)8-5-4-6-9(11)7-8;;;/h7-15,19H,1-6H3;4-7,11H,1-3H3;;;/q-1;;;2*-2/p-1. The molecule has 9 nitrogen and oxygen atoms in total. The van der Waals surface area contributed by atoms with Crippen molar-refractivity contribution in [1.29, 1.82) is 0 Å². The molecule has 0 aliphatic rings. The van der Waals surface area contributed by atoms with Crippen LogP contribution in [0, 0.1) is 0 Å². The van der Waals surface area contributed by atoms with Crippen LogP contribution < -0.4 is 5.11 Å². The minimum Gasteiger partial charge on any atom is -2.00 e. The van der Waals surface area contributed by atoms with Crippen LogP contribution in [0.4, 0.5) is 0 Å². The van der Waals surface area contributed by atoms with Crippen molar-refractivity contribution in [1.82, 2.24) is 29.1 Å². The smallest absolute Gasteiger partial charge is 0.326 e. The number of nitrogens with zero attached hydrogens (tertiary/aromatic N) is 6. The number of hydrogen-bond acceptors (Lipinski definition) is 4. The summed E-state index contributed by atoms with van der Waals surface area (Å²) in [6.07, 6.45) is 6.13. The van der Waals surface area contributed by atoms with Crippen molar-refractivity contribution in [3.8, 4) is 5.75 Å². The van der Waals surface area contributed by atoms with Crippen LogP contribution in [0.2, 0.25) is 0 Å². The largest absolute Gasteiger partial charge is 2.00 e. The predicted molar refractivity (Wildman–Crippen MR) is 148 cm³/mol. The maximum atomic E-state index is 10.9. The summed E-state index contributed by atoms with van der Waals surface area (Å²) in [5, 5.41) is 25.3. The zero-order chi connectivity index (χ0) is 26.6. The van der Waals surface area contributed by atoms with E-state index in [-0.39, 0.29) is 43.2 Å². The second kappa shape index (κ2) is 15.2. The van der Waals surface area contributed by atoms with Gasteiger partial charge in [0.2, 0.25) is 0 Å². The predicted octanol–water partition coefficient (Wildman–Crippen LogP) is 5.13. The topological polar surface area (TPSA) is 134 Å². The quantitative estimate of drug-likeness (QED) is 0.278. The van der Waals surface area contributed by atoms with Gasteiger partial charge in [0.25, 0.3) is 0 Å². The minimum atomic E-state index is -1.27. The Hall–Kier alpha value is -2.68. The summed E-state index contributed by atoms with van der Waals surface area (Å²) in [5.74, 6) is 1.29. The Morgan fingerprint density at radius 1 is 0.667 bits per heavy atom. The summed E-state index contributed by atoms with van der Waals surface area (Å²) in [4.78, 5) is 0. The molecule has 39 heavy (non-hydrogen) atoms. The minimum absolute atomic E-state index is 0. The first-order chi connectivity index (χ1) is 16.9. The van der Waals surface area contributed by atoms with Crippen LogP contribution in [0.3, 0.4) is 0 Å². The molecule has 0 aliphatic carbocycles. The normalized spacial score (nSPS) is 11.1. The molecule has 0 saturated carbocycles. The first-order valence-corrected chi connectivity index (χ1v) is 13.0. The zero-order valence-corrected chi connectivity index (χ0v) is 26.5. The summed E-state index contributed by atoms with van der Waals surface area (Å²) in [7, 11) is -1.27. The SMILES string of the molecule is CC(C)(C)c1cccc([O-])c1.CC(C)c1ccn([BH-](n2ccc(C(C)C)n2)n2ccc(C(C)C)n2)n1.[Mo].[O-2].[O-2]. The molecule has 216 valence electrons. The number of benzene rings is 1. The van der Waals surface area contributed by atoms with Crippen molar-refractivity contribution in [2.75, 3.05) is 0 Å². The van der Waals surface area contributed by atoms with Crippen LogP contribution in [0.5, 0.6) is 5.75 Å². The molecule has 0 bridgehead atoms. The van der Waals surface area contributed by atoms with Gasteiger partial charge >= 0.3 is 7.12 Å². The Balaban J connectivity index is 0.000000882. The Morgan fingerprint density at radius 2 is 1.03 bits per heavy atom. The van der Waals surface area contributed by atoms with Crippen LogP contribution in [-0.4, -0.2) is 36.2 Å². The Labute approximate surface area is 247 Å². The van der Waals surface area contributed by atoms with E-state index in [9.17, 15) is 5.11 Å². The van der Waals surface area contributed by atoms with Crippen molar-refractivity contribution in [3.63, 3.8) is 0 Å². The molecular formula is C28H41BMoN6O3-6. The van der Waals surface area contributed by atoms with E-state index >= 15 is 0 Å². The molecule has 3 aromatic heterocycles. The van der Waals surface area contributed by atoms with Crippen LogP contribution in [-0.2, 0) is 37.4 Å². The molecular weight excluding hydrogens is 575 g/mol. The molecule has 0 spiro atoms. The molecule has 0 unspecified atom stereocenters. The van der Waals surface area contributed by atoms with Gasteiger partial charge in [-0.15, -0.1) is 5.75 Å². The van der Waals surface area contributed by atoms with Crippen LogP contribution >= 0.6 is 0 Å². The van der Waals surface area contributed by atoms with Crippen molar-refractivity contribution >= 4 is 7.12 Å². The summed E-state index contributed by atoms with van der Waals surface area (Å²) in [5.41, 5.74) is 4.45. The molecule has 0 aliphatic heterocycles. The maximum Gasteiger partial charge on any atom is 0.326 e. The van der Waals surface area contributed by atoms with Crippen molar-refractivity contribution < 1.29 is 37.1 Å². The third kappa shape index (κ3) is 9.48. The van der Waals surface area contributed by atoms with Gasteiger partial charge in [-0.1, -0.05) is 86.6 Å². The van der Waals surface area contributed by atoms with Crippen molar-refractivity contribution in [2.45, 2.75) is 85.5 Å². The van der Waals surface area contributed by atoms with Gasteiger partial charge in [-0.25, -0.2) is 15.3 Å². The van der Waals surface area contributed by atoms with Gasteiger partial charge in [-0.05, 0) is 65.5 Å². The summed E-state index contributed by atoms with van der Waals surface area (Å²) >= 11 is 0. The molecule has 0 saturated heterocycles. The van der Waals surface area contributed by atoms with Gasteiger partial charge < -0.3 is 29.8 Å². The first kappa shape index (κ1) is 36.3.